The van der Waals surface area contributed by atoms with Crippen molar-refractivity contribution < 1.29 is 9.59 Å². The molecule has 1 atom stereocenters. The van der Waals surface area contributed by atoms with Crippen LogP contribution in [0.2, 0.25) is 0 Å². The van der Waals surface area contributed by atoms with Crippen LogP contribution in [0.3, 0.4) is 0 Å². The highest BCUT2D eigenvalue weighted by Crippen LogP contribution is 2.44. The molecule has 34 heavy (non-hydrogen) atoms. The van der Waals surface area contributed by atoms with Gasteiger partial charge >= 0.3 is 0 Å². The summed E-state index contributed by atoms with van der Waals surface area (Å²) in [6, 6.07) is 17.2. The number of Topliss-reactive ketones (excluding diaryl/α,β-unsaturated/α-hetero) is 1. The second-order valence-corrected chi connectivity index (χ2v) is 10.0. The van der Waals surface area contributed by atoms with Gasteiger partial charge in [-0.25, -0.2) is 0 Å². The Balaban J connectivity index is 1.43. The van der Waals surface area contributed by atoms with E-state index >= 15 is 0 Å². The summed E-state index contributed by atoms with van der Waals surface area (Å²) in [4.78, 5) is 27.6. The number of thioether (sulfide) groups is 1. The Kier molecular flexibility index (Phi) is 6.67. The zero-order valence-corrected chi connectivity index (χ0v) is 20.1. The molecule has 1 aliphatic carbocycles. The lowest BCUT2D eigenvalue weighted by Crippen LogP contribution is -2.32. The minimum atomic E-state index is -0.502. The number of carbonyl (C=O) groups is 2. The average Bonchev–Trinajstić information content (AvgIpc) is 3.62. The minimum Gasteiger partial charge on any atom is -0.341 e. The third kappa shape index (κ3) is 5.01. The number of nitrogens with zero attached hydrogens (tertiary/aromatic N) is 4. The van der Waals surface area contributed by atoms with Gasteiger partial charge in [-0.3, -0.25) is 14.2 Å². The Hall–Kier alpha value is -3.13. The molecule has 1 aliphatic heterocycles. The van der Waals surface area contributed by atoms with E-state index in [9.17, 15) is 9.59 Å². The smallest absolute Gasteiger partial charge is 0.242 e. The van der Waals surface area contributed by atoms with Crippen molar-refractivity contribution in [3.8, 4) is 0 Å². The Morgan fingerprint density at radius 1 is 1.00 bits per heavy atom. The van der Waals surface area contributed by atoms with E-state index in [0.717, 1.165) is 42.6 Å². The molecular weight excluding hydrogens is 446 g/mol. The number of rotatable bonds is 8. The lowest BCUT2D eigenvalue weighted by Gasteiger charge is -2.28. The maximum atomic E-state index is 13.5. The summed E-state index contributed by atoms with van der Waals surface area (Å²) >= 11 is 1.44. The number of hydrogen-bond acceptors (Lipinski definition) is 6. The normalized spacial score (nSPS) is 16.8. The molecule has 2 aliphatic rings. The molecule has 0 radical (unpaired) electrons. The van der Waals surface area contributed by atoms with Gasteiger partial charge in [0.1, 0.15) is 5.25 Å². The monoisotopic (exact) mass is 475 g/mol. The van der Waals surface area contributed by atoms with Crippen LogP contribution in [0.25, 0.3) is 0 Å². The van der Waals surface area contributed by atoms with E-state index in [-0.39, 0.29) is 11.7 Å². The standard InChI is InChI=1S/C26H29N5O2S/c1-18(32)20-11-8-12-21(17-20)27-24(33)23(19-9-4-2-5-10-19)34-26-29-28-25(31(26)22-13-14-22)30-15-6-3-7-16-30/h2,4-5,8-12,17,22-23H,3,6-7,13-16H2,1H3,(H,27,33). The quantitative estimate of drug-likeness (QED) is 0.353. The molecule has 0 spiro atoms. The largest absolute Gasteiger partial charge is 0.341 e. The van der Waals surface area contributed by atoms with Crippen LogP contribution in [0.5, 0.6) is 0 Å². The van der Waals surface area contributed by atoms with Crippen LogP contribution in [0.4, 0.5) is 11.6 Å². The molecule has 1 amide bonds. The minimum absolute atomic E-state index is 0.0344. The second kappa shape index (κ2) is 10.0. The predicted molar refractivity (Wildman–Crippen MR) is 134 cm³/mol. The van der Waals surface area contributed by atoms with Gasteiger partial charge in [-0.1, -0.05) is 54.2 Å². The van der Waals surface area contributed by atoms with Crippen LogP contribution in [-0.2, 0) is 4.79 Å². The predicted octanol–water partition coefficient (Wildman–Crippen LogP) is 5.28. The van der Waals surface area contributed by atoms with Gasteiger partial charge in [0.05, 0.1) is 0 Å². The van der Waals surface area contributed by atoms with Gasteiger partial charge in [-0.05, 0) is 56.7 Å². The summed E-state index contributed by atoms with van der Waals surface area (Å²) in [5.74, 6) is 0.751. The van der Waals surface area contributed by atoms with Crippen LogP contribution >= 0.6 is 11.8 Å². The number of aromatic nitrogens is 3. The first-order valence-electron chi connectivity index (χ1n) is 11.9. The van der Waals surface area contributed by atoms with Gasteiger partial charge < -0.3 is 10.2 Å². The maximum Gasteiger partial charge on any atom is 0.242 e. The van der Waals surface area contributed by atoms with Crippen molar-refractivity contribution in [2.75, 3.05) is 23.3 Å². The lowest BCUT2D eigenvalue weighted by molar-refractivity contribution is -0.115. The number of anilines is 2. The van der Waals surface area contributed by atoms with Gasteiger partial charge in [0.25, 0.3) is 0 Å². The molecule has 2 heterocycles. The molecular formula is C26H29N5O2S. The van der Waals surface area contributed by atoms with Gasteiger partial charge in [-0.15, -0.1) is 10.2 Å². The molecule has 1 N–H and O–H groups in total. The Bertz CT molecular complexity index is 1170. The van der Waals surface area contributed by atoms with Gasteiger partial charge in [0.15, 0.2) is 10.9 Å². The number of piperidine rings is 1. The molecule has 0 bridgehead atoms. The third-order valence-corrected chi connectivity index (χ3v) is 7.51. The number of benzene rings is 2. The van der Waals surface area contributed by atoms with E-state index in [0.29, 0.717) is 17.3 Å². The van der Waals surface area contributed by atoms with Crippen LogP contribution in [0.1, 0.15) is 66.2 Å². The first-order chi connectivity index (χ1) is 16.6. The zero-order valence-electron chi connectivity index (χ0n) is 19.3. The fourth-order valence-corrected chi connectivity index (χ4v) is 5.44. The van der Waals surface area contributed by atoms with E-state index in [2.05, 4.69) is 25.0 Å². The SMILES string of the molecule is CC(=O)c1cccc(NC(=O)C(Sc2nnc(N3CCCCC3)n2C2CC2)c2ccccc2)c1. The lowest BCUT2D eigenvalue weighted by atomic mass is 10.1. The molecule has 1 aromatic heterocycles. The van der Waals surface area contributed by atoms with Crippen molar-refractivity contribution in [2.45, 2.75) is 55.5 Å². The molecule has 1 unspecified atom stereocenters. The Morgan fingerprint density at radius 2 is 1.76 bits per heavy atom. The second-order valence-electron chi connectivity index (χ2n) is 8.97. The number of nitrogens with one attached hydrogen (secondary N) is 1. The molecule has 7 nitrogen and oxygen atoms in total. The van der Waals surface area contributed by atoms with E-state index in [1.807, 2.05) is 30.3 Å². The third-order valence-electron chi connectivity index (χ3n) is 6.30. The van der Waals surface area contributed by atoms with Crippen LogP contribution in [-0.4, -0.2) is 39.5 Å². The fraction of sp³-hybridized carbons (Fsp3) is 0.385. The number of carbonyl (C=O) groups excluding carboxylic acids is 2. The molecule has 2 fully saturated rings. The van der Waals surface area contributed by atoms with Crippen molar-refractivity contribution in [1.82, 2.24) is 14.8 Å². The Morgan fingerprint density at radius 3 is 2.47 bits per heavy atom. The highest BCUT2D eigenvalue weighted by atomic mass is 32.2. The molecule has 2 aromatic carbocycles. The van der Waals surface area contributed by atoms with Crippen molar-refractivity contribution in [2.24, 2.45) is 0 Å². The summed E-state index contributed by atoms with van der Waals surface area (Å²) < 4.78 is 2.25. The molecule has 176 valence electrons. The number of ketones is 1. The van der Waals surface area contributed by atoms with E-state index < -0.39 is 5.25 Å². The summed E-state index contributed by atoms with van der Waals surface area (Å²) in [6.45, 7) is 3.53. The summed E-state index contributed by atoms with van der Waals surface area (Å²) in [6.07, 6.45) is 5.85. The number of amides is 1. The van der Waals surface area contributed by atoms with Crippen molar-refractivity contribution in [1.29, 1.82) is 0 Å². The summed E-state index contributed by atoms with van der Waals surface area (Å²) in [5.41, 5.74) is 2.08. The molecule has 5 rings (SSSR count). The summed E-state index contributed by atoms with van der Waals surface area (Å²) in [5, 5.41) is 12.4. The summed E-state index contributed by atoms with van der Waals surface area (Å²) in [7, 11) is 0. The molecule has 8 heteroatoms. The fourth-order valence-electron chi connectivity index (χ4n) is 4.34. The zero-order chi connectivity index (χ0) is 23.5. The van der Waals surface area contributed by atoms with Crippen LogP contribution < -0.4 is 10.2 Å². The van der Waals surface area contributed by atoms with E-state index in [1.165, 1.54) is 37.9 Å². The molecule has 1 saturated heterocycles. The number of hydrogen-bond donors (Lipinski definition) is 1. The average molecular weight is 476 g/mol. The van der Waals surface area contributed by atoms with Crippen LogP contribution in [0, 0.1) is 0 Å². The van der Waals surface area contributed by atoms with Crippen molar-refractivity contribution in [3.63, 3.8) is 0 Å². The first kappa shape index (κ1) is 22.7. The van der Waals surface area contributed by atoms with Crippen LogP contribution in [0.15, 0.2) is 59.8 Å². The van der Waals surface area contributed by atoms with Gasteiger partial charge in [-0.2, -0.15) is 0 Å². The highest BCUT2D eigenvalue weighted by Gasteiger charge is 2.34. The maximum absolute atomic E-state index is 13.5. The topological polar surface area (TPSA) is 80.1 Å². The van der Waals surface area contributed by atoms with Crippen molar-refractivity contribution >= 4 is 35.1 Å². The van der Waals surface area contributed by atoms with Gasteiger partial charge in [0, 0.05) is 30.4 Å². The Labute approximate surface area is 203 Å². The van der Waals surface area contributed by atoms with Crippen molar-refractivity contribution in [3.05, 3.63) is 65.7 Å². The highest BCUT2D eigenvalue weighted by molar-refractivity contribution is 8.00. The van der Waals surface area contributed by atoms with E-state index in [4.69, 9.17) is 0 Å². The molecule has 1 saturated carbocycles. The van der Waals surface area contributed by atoms with Gasteiger partial charge in [0.2, 0.25) is 11.9 Å². The van der Waals surface area contributed by atoms with E-state index in [1.54, 1.807) is 24.3 Å². The molecule has 3 aromatic rings. The first-order valence-corrected chi connectivity index (χ1v) is 12.8.